The van der Waals surface area contributed by atoms with Crippen molar-refractivity contribution in [3.05, 3.63) is 59.7 Å². The predicted octanol–water partition coefficient (Wildman–Crippen LogP) is 3.09. The standard InChI is InChI=1S/C17H20N2O4S/c1-12-7-9-17(10-8-12)24(22,23)18-16-6-4-5-15(11-16)13(2)19(21)14(3)20/h4-11,13,18,21H,1-3H3. The highest BCUT2D eigenvalue weighted by atomic mass is 32.2. The summed E-state index contributed by atoms with van der Waals surface area (Å²) in [6, 6.07) is 12.5. The van der Waals surface area contributed by atoms with E-state index in [0.717, 1.165) is 5.56 Å². The van der Waals surface area contributed by atoms with E-state index in [1.54, 1.807) is 43.3 Å². The molecular formula is C17H20N2O4S. The summed E-state index contributed by atoms with van der Waals surface area (Å²) in [5, 5.41) is 10.3. The van der Waals surface area contributed by atoms with Crippen molar-refractivity contribution in [2.24, 2.45) is 0 Å². The average Bonchev–Trinajstić information content (AvgIpc) is 2.53. The monoisotopic (exact) mass is 348 g/mol. The molecule has 1 atom stereocenters. The van der Waals surface area contributed by atoms with Crippen LogP contribution in [-0.4, -0.2) is 24.6 Å². The molecule has 0 aliphatic heterocycles. The van der Waals surface area contributed by atoms with E-state index < -0.39 is 22.0 Å². The molecule has 0 bridgehead atoms. The molecule has 0 radical (unpaired) electrons. The molecule has 0 spiro atoms. The summed E-state index contributed by atoms with van der Waals surface area (Å²) in [4.78, 5) is 11.4. The number of sulfonamides is 1. The molecule has 2 rings (SSSR count). The Morgan fingerprint density at radius 2 is 1.79 bits per heavy atom. The van der Waals surface area contributed by atoms with Crippen LogP contribution >= 0.6 is 0 Å². The molecule has 0 aliphatic carbocycles. The second-order valence-electron chi connectivity index (χ2n) is 5.58. The molecule has 128 valence electrons. The van der Waals surface area contributed by atoms with Gasteiger partial charge in [-0.15, -0.1) is 0 Å². The number of hydrogen-bond acceptors (Lipinski definition) is 4. The van der Waals surface area contributed by atoms with E-state index in [2.05, 4.69) is 4.72 Å². The Labute approximate surface area is 141 Å². The van der Waals surface area contributed by atoms with Crippen LogP contribution in [0.25, 0.3) is 0 Å². The molecule has 0 saturated carbocycles. The van der Waals surface area contributed by atoms with Crippen LogP contribution < -0.4 is 4.72 Å². The molecule has 6 nitrogen and oxygen atoms in total. The first-order valence-electron chi connectivity index (χ1n) is 7.39. The molecule has 2 aromatic rings. The Morgan fingerprint density at radius 3 is 2.38 bits per heavy atom. The number of nitrogens with zero attached hydrogens (tertiary/aromatic N) is 1. The van der Waals surface area contributed by atoms with Gasteiger partial charge in [-0.1, -0.05) is 29.8 Å². The highest BCUT2D eigenvalue weighted by Gasteiger charge is 2.18. The molecule has 0 saturated heterocycles. The lowest BCUT2D eigenvalue weighted by molar-refractivity contribution is -0.172. The molecule has 0 aromatic heterocycles. The van der Waals surface area contributed by atoms with E-state index >= 15 is 0 Å². The average molecular weight is 348 g/mol. The molecule has 2 N–H and O–H groups in total. The number of amides is 1. The highest BCUT2D eigenvalue weighted by Crippen LogP contribution is 2.23. The molecule has 2 aromatic carbocycles. The number of aryl methyl sites for hydroxylation is 1. The first-order valence-corrected chi connectivity index (χ1v) is 8.87. The zero-order valence-corrected chi connectivity index (χ0v) is 14.5. The van der Waals surface area contributed by atoms with E-state index in [4.69, 9.17) is 0 Å². The van der Waals surface area contributed by atoms with Crippen molar-refractivity contribution in [2.75, 3.05) is 4.72 Å². The van der Waals surface area contributed by atoms with Gasteiger partial charge in [-0.05, 0) is 43.7 Å². The van der Waals surface area contributed by atoms with E-state index in [1.807, 2.05) is 6.92 Å². The van der Waals surface area contributed by atoms with E-state index in [-0.39, 0.29) is 4.90 Å². The van der Waals surface area contributed by atoms with Crippen LogP contribution in [-0.2, 0) is 14.8 Å². The van der Waals surface area contributed by atoms with Gasteiger partial charge in [-0.25, -0.2) is 13.5 Å². The lowest BCUT2D eigenvalue weighted by Gasteiger charge is -2.22. The van der Waals surface area contributed by atoms with E-state index in [1.165, 1.54) is 19.1 Å². The summed E-state index contributed by atoms with van der Waals surface area (Å²) in [6.45, 7) is 4.78. The van der Waals surface area contributed by atoms with Crippen LogP contribution in [0, 0.1) is 6.92 Å². The van der Waals surface area contributed by atoms with Gasteiger partial charge < -0.3 is 0 Å². The summed E-state index contributed by atoms with van der Waals surface area (Å²) >= 11 is 0. The zero-order valence-electron chi connectivity index (χ0n) is 13.7. The number of hydroxylamine groups is 2. The highest BCUT2D eigenvalue weighted by molar-refractivity contribution is 7.92. The lowest BCUT2D eigenvalue weighted by Crippen LogP contribution is -2.27. The Balaban J connectivity index is 2.26. The normalized spacial score (nSPS) is 12.5. The Kier molecular flexibility index (Phi) is 5.26. The number of anilines is 1. The van der Waals surface area contributed by atoms with Gasteiger partial charge in [0.25, 0.3) is 10.0 Å². The summed E-state index contributed by atoms with van der Waals surface area (Å²) in [5.41, 5.74) is 1.94. The second-order valence-corrected chi connectivity index (χ2v) is 7.27. The number of nitrogens with one attached hydrogen (secondary N) is 1. The second kappa shape index (κ2) is 7.02. The van der Waals surface area contributed by atoms with Gasteiger partial charge in [0.05, 0.1) is 10.9 Å². The Hall–Kier alpha value is -2.38. The number of carbonyl (C=O) groups is 1. The van der Waals surface area contributed by atoms with E-state index in [9.17, 15) is 18.4 Å². The SMILES string of the molecule is CC(=O)N(O)C(C)c1cccc(NS(=O)(=O)c2ccc(C)cc2)c1. The summed E-state index contributed by atoms with van der Waals surface area (Å²) < 4.78 is 27.3. The van der Waals surface area contributed by atoms with Gasteiger partial charge in [0.1, 0.15) is 0 Å². The van der Waals surface area contributed by atoms with Crippen LogP contribution in [0.15, 0.2) is 53.4 Å². The molecule has 24 heavy (non-hydrogen) atoms. The fraction of sp³-hybridized carbons (Fsp3) is 0.235. The third kappa shape index (κ3) is 4.12. The van der Waals surface area contributed by atoms with Gasteiger partial charge in [0, 0.05) is 12.6 Å². The summed E-state index contributed by atoms with van der Waals surface area (Å²) in [6.07, 6.45) is 0. The minimum atomic E-state index is -3.70. The van der Waals surface area contributed by atoms with Gasteiger partial charge in [0.15, 0.2) is 0 Å². The summed E-state index contributed by atoms with van der Waals surface area (Å²) in [5.74, 6) is -0.492. The third-order valence-corrected chi connectivity index (χ3v) is 5.04. The van der Waals surface area contributed by atoms with Crippen molar-refractivity contribution >= 4 is 21.6 Å². The third-order valence-electron chi connectivity index (χ3n) is 3.64. The van der Waals surface area contributed by atoms with Gasteiger partial charge >= 0.3 is 0 Å². The minimum Gasteiger partial charge on any atom is -0.285 e. The van der Waals surface area contributed by atoms with Crippen molar-refractivity contribution in [3.63, 3.8) is 0 Å². The molecule has 0 aliphatic rings. The van der Waals surface area contributed by atoms with Gasteiger partial charge in [0.2, 0.25) is 5.91 Å². The smallest absolute Gasteiger partial charge is 0.261 e. The number of hydrogen-bond donors (Lipinski definition) is 2. The maximum absolute atomic E-state index is 12.4. The number of rotatable bonds is 5. The van der Waals surface area contributed by atoms with Crippen molar-refractivity contribution in [3.8, 4) is 0 Å². The van der Waals surface area contributed by atoms with Crippen LogP contribution in [0.1, 0.15) is 31.0 Å². The first kappa shape index (κ1) is 18.0. The Morgan fingerprint density at radius 1 is 1.17 bits per heavy atom. The predicted molar refractivity (Wildman–Crippen MR) is 91.2 cm³/mol. The van der Waals surface area contributed by atoms with E-state index in [0.29, 0.717) is 16.3 Å². The molecule has 7 heteroatoms. The number of benzene rings is 2. The molecule has 0 heterocycles. The topological polar surface area (TPSA) is 86.7 Å². The fourth-order valence-corrected chi connectivity index (χ4v) is 3.26. The fourth-order valence-electron chi connectivity index (χ4n) is 2.21. The van der Waals surface area contributed by atoms with Crippen LogP contribution in [0.2, 0.25) is 0 Å². The molecular weight excluding hydrogens is 328 g/mol. The molecule has 1 amide bonds. The molecule has 1 unspecified atom stereocenters. The van der Waals surface area contributed by atoms with Gasteiger partial charge in [-0.2, -0.15) is 0 Å². The lowest BCUT2D eigenvalue weighted by atomic mass is 10.1. The van der Waals surface area contributed by atoms with Crippen molar-refractivity contribution in [1.29, 1.82) is 0 Å². The molecule has 0 fully saturated rings. The van der Waals surface area contributed by atoms with Crippen molar-refractivity contribution in [1.82, 2.24) is 5.06 Å². The van der Waals surface area contributed by atoms with Crippen LogP contribution in [0.4, 0.5) is 5.69 Å². The quantitative estimate of drug-likeness (QED) is 0.642. The first-order chi connectivity index (χ1) is 11.2. The maximum atomic E-state index is 12.4. The Bertz CT molecular complexity index is 832. The largest absolute Gasteiger partial charge is 0.285 e. The zero-order chi connectivity index (χ0) is 17.9. The maximum Gasteiger partial charge on any atom is 0.261 e. The van der Waals surface area contributed by atoms with Gasteiger partial charge in [-0.3, -0.25) is 14.7 Å². The van der Waals surface area contributed by atoms with Crippen molar-refractivity contribution < 1.29 is 18.4 Å². The van der Waals surface area contributed by atoms with Crippen LogP contribution in [0.3, 0.4) is 0 Å². The van der Waals surface area contributed by atoms with Crippen LogP contribution in [0.5, 0.6) is 0 Å². The number of carbonyl (C=O) groups excluding carboxylic acids is 1. The van der Waals surface area contributed by atoms with Crippen molar-refractivity contribution in [2.45, 2.75) is 31.7 Å². The summed E-state index contributed by atoms with van der Waals surface area (Å²) in [7, 11) is -3.70. The minimum absolute atomic E-state index is 0.166.